The van der Waals surface area contributed by atoms with Crippen LogP contribution in [0.2, 0.25) is 0 Å². The van der Waals surface area contributed by atoms with Gasteiger partial charge in [0.1, 0.15) is 0 Å². The van der Waals surface area contributed by atoms with E-state index in [0.29, 0.717) is 5.95 Å². The molecule has 3 aromatic heterocycles. The summed E-state index contributed by atoms with van der Waals surface area (Å²) in [6.07, 6.45) is 0.947. The fourth-order valence-electron chi connectivity index (χ4n) is 9.92. The van der Waals surface area contributed by atoms with Crippen LogP contribution in [0.5, 0.6) is 0 Å². The van der Waals surface area contributed by atoms with Gasteiger partial charge in [-0.25, -0.2) is 9.97 Å². The van der Waals surface area contributed by atoms with Crippen LogP contribution in [0.4, 0.5) is 0 Å². The van der Waals surface area contributed by atoms with Crippen LogP contribution in [-0.2, 0) is 6.42 Å². The molecule has 4 heteroatoms. The molecule has 0 radical (unpaired) electrons. The van der Waals surface area contributed by atoms with Crippen LogP contribution in [0, 0.1) is 0 Å². The van der Waals surface area contributed by atoms with E-state index < -0.39 is 0 Å². The molecule has 1 atom stereocenters. The number of nitrogens with zero attached hydrogens (tertiary/aromatic N) is 3. The molecule has 0 saturated carbocycles. The van der Waals surface area contributed by atoms with Crippen LogP contribution in [0.3, 0.4) is 0 Å². The molecule has 0 aliphatic heterocycles. The Morgan fingerprint density at radius 3 is 2.10 bits per heavy atom. The maximum Gasteiger partial charge on any atom is 0.235 e. The van der Waals surface area contributed by atoms with E-state index in [1.165, 1.54) is 80.3 Å². The van der Waals surface area contributed by atoms with Crippen molar-refractivity contribution in [3.63, 3.8) is 0 Å². The Kier molecular flexibility index (Phi) is 6.72. The van der Waals surface area contributed by atoms with E-state index in [-0.39, 0.29) is 5.92 Å². The van der Waals surface area contributed by atoms with Crippen molar-refractivity contribution in [3.05, 3.63) is 199 Å². The van der Waals surface area contributed by atoms with Gasteiger partial charge in [-0.15, -0.1) is 11.3 Å². The van der Waals surface area contributed by atoms with Crippen molar-refractivity contribution in [3.8, 4) is 28.3 Å². The Hall–Kier alpha value is -7.14. The minimum atomic E-state index is 0.216. The largest absolute Gasteiger partial charge is 0.278 e. The predicted octanol–water partition coefficient (Wildman–Crippen LogP) is 14.4. The van der Waals surface area contributed by atoms with Crippen LogP contribution < -0.4 is 0 Å². The van der Waals surface area contributed by atoms with Gasteiger partial charge in [0.25, 0.3) is 0 Å². The minimum absolute atomic E-state index is 0.216. The van der Waals surface area contributed by atoms with Crippen molar-refractivity contribution in [1.82, 2.24) is 14.5 Å². The molecule has 58 heavy (non-hydrogen) atoms. The number of rotatable bonds is 3. The molecule has 3 nitrogen and oxygen atoms in total. The van der Waals surface area contributed by atoms with Gasteiger partial charge in [-0.1, -0.05) is 146 Å². The SMILES string of the molecule is c1ccc2c(c1)-c1cc3ccccc3cc1CC2c1ccc2c(c1)c1c3ccccc3ccc1n2-c1nc(-c2cccc3c2sc2ccccc23)c2ccccc2n1. The molecule has 0 bridgehead atoms. The van der Waals surface area contributed by atoms with Crippen LogP contribution in [0.25, 0.3) is 103 Å². The maximum absolute atomic E-state index is 5.56. The van der Waals surface area contributed by atoms with Crippen LogP contribution in [-0.4, -0.2) is 14.5 Å². The third kappa shape index (κ3) is 4.61. The number of hydrogen-bond acceptors (Lipinski definition) is 3. The Balaban J connectivity index is 1.06. The topological polar surface area (TPSA) is 30.7 Å². The zero-order chi connectivity index (χ0) is 37.9. The predicted molar refractivity (Wildman–Crippen MR) is 245 cm³/mol. The second kappa shape index (κ2) is 12.2. The van der Waals surface area contributed by atoms with Crippen molar-refractivity contribution in [2.45, 2.75) is 12.3 Å². The lowest BCUT2D eigenvalue weighted by Crippen LogP contribution is -2.12. The number of hydrogen-bond donors (Lipinski definition) is 0. The van der Waals surface area contributed by atoms with E-state index in [1.807, 2.05) is 11.3 Å². The number of para-hydroxylation sites is 1. The maximum atomic E-state index is 5.56. The molecule has 1 aliphatic carbocycles. The summed E-state index contributed by atoms with van der Waals surface area (Å²) in [4.78, 5) is 10.9. The average Bonchev–Trinajstić information content (AvgIpc) is 3.84. The zero-order valence-corrected chi connectivity index (χ0v) is 32.2. The number of thiophene rings is 1. The average molecular weight is 756 g/mol. The Bertz CT molecular complexity index is 3680. The van der Waals surface area contributed by atoms with E-state index in [9.17, 15) is 0 Å². The van der Waals surface area contributed by atoms with Crippen LogP contribution in [0.1, 0.15) is 22.6 Å². The summed E-state index contributed by atoms with van der Waals surface area (Å²) >= 11 is 1.84. The molecule has 0 fully saturated rings. The third-order valence-electron chi connectivity index (χ3n) is 12.6. The molecule has 270 valence electrons. The molecule has 0 spiro atoms. The van der Waals surface area contributed by atoms with Crippen molar-refractivity contribution < 1.29 is 0 Å². The molecule has 0 amide bonds. The molecule has 1 aliphatic rings. The van der Waals surface area contributed by atoms with Gasteiger partial charge in [0.05, 0.1) is 22.2 Å². The summed E-state index contributed by atoms with van der Waals surface area (Å²) in [7, 11) is 0. The second-order valence-electron chi connectivity index (χ2n) is 15.7. The first-order valence-corrected chi connectivity index (χ1v) is 20.8. The van der Waals surface area contributed by atoms with Crippen molar-refractivity contribution in [1.29, 1.82) is 0 Å². The lowest BCUT2D eigenvalue weighted by Gasteiger charge is -2.29. The Morgan fingerprint density at radius 2 is 1.19 bits per heavy atom. The smallest absolute Gasteiger partial charge is 0.235 e. The highest BCUT2D eigenvalue weighted by Gasteiger charge is 2.28. The standard InChI is InChI=1S/C54H33N3S/c1-2-14-34-29-45-36(28-33(34)13-1)31-44(38-16-5-6-17-39(38)45)35-25-26-48-46(30-35)51-37-15-4-3-12-32(37)24-27-49(51)57(48)54-55-47-22-9-7-19-42(47)52(56-54)43-21-11-20-41-40-18-8-10-23-50(40)58-53(41)43/h1-30,44H,31H2. The molecule has 1 unspecified atom stereocenters. The lowest BCUT2D eigenvalue weighted by molar-refractivity contribution is 0.796. The normalized spacial score (nSPS) is 14.0. The minimum Gasteiger partial charge on any atom is -0.278 e. The van der Waals surface area contributed by atoms with Gasteiger partial charge in [-0.05, 0) is 92.2 Å². The van der Waals surface area contributed by atoms with Gasteiger partial charge < -0.3 is 0 Å². The molecule has 13 rings (SSSR count). The molecular weight excluding hydrogens is 723 g/mol. The van der Waals surface area contributed by atoms with Gasteiger partial charge in [0.2, 0.25) is 5.95 Å². The molecule has 12 aromatic rings. The monoisotopic (exact) mass is 755 g/mol. The first-order chi connectivity index (χ1) is 28.7. The van der Waals surface area contributed by atoms with E-state index >= 15 is 0 Å². The first-order valence-electron chi connectivity index (χ1n) is 20.0. The molecule has 0 saturated heterocycles. The van der Waals surface area contributed by atoms with Gasteiger partial charge in [0, 0.05) is 47.8 Å². The fourth-order valence-corrected chi connectivity index (χ4v) is 11.1. The zero-order valence-electron chi connectivity index (χ0n) is 31.4. The van der Waals surface area contributed by atoms with E-state index in [1.54, 1.807) is 0 Å². The summed E-state index contributed by atoms with van der Waals surface area (Å²) < 4.78 is 4.84. The lowest BCUT2D eigenvalue weighted by atomic mass is 9.75. The van der Waals surface area contributed by atoms with Crippen LogP contribution >= 0.6 is 11.3 Å². The van der Waals surface area contributed by atoms with Crippen molar-refractivity contribution >= 4 is 85.8 Å². The van der Waals surface area contributed by atoms with Gasteiger partial charge >= 0.3 is 0 Å². The Labute approximate surface area is 338 Å². The molecule has 3 heterocycles. The third-order valence-corrected chi connectivity index (χ3v) is 13.8. The van der Waals surface area contributed by atoms with Gasteiger partial charge in [-0.3, -0.25) is 4.57 Å². The Morgan fingerprint density at radius 1 is 0.483 bits per heavy atom. The highest BCUT2D eigenvalue weighted by Crippen LogP contribution is 2.47. The summed E-state index contributed by atoms with van der Waals surface area (Å²) in [6.45, 7) is 0. The molecule has 0 N–H and O–H groups in total. The highest BCUT2D eigenvalue weighted by atomic mass is 32.1. The number of fused-ring (bicyclic) bond motifs is 13. The molecule has 9 aromatic carbocycles. The van der Waals surface area contributed by atoms with Crippen LogP contribution in [0.15, 0.2) is 182 Å². The first kappa shape index (κ1) is 32.0. The van der Waals surface area contributed by atoms with Crippen molar-refractivity contribution in [2.75, 3.05) is 0 Å². The van der Waals surface area contributed by atoms with Gasteiger partial charge in [0.15, 0.2) is 0 Å². The van der Waals surface area contributed by atoms with E-state index in [0.717, 1.165) is 39.6 Å². The summed E-state index contributed by atoms with van der Waals surface area (Å²) in [6, 6.07) is 66.8. The number of aromatic nitrogens is 3. The second-order valence-corrected chi connectivity index (χ2v) is 16.7. The summed E-state index contributed by atoms with van der Waals surface area (Å²) in [5, 5.41) is 11.1. The quantitative estimate of drug-likeness (QED) is 0.180. The highest BCUT2D eigenvalue weighted by molar-refractivity contribution is 7.26. The van der Waals surface area contributed by atoms with Gasteiger partial charge in [-0.2, -0.15) is 0 Å². The van der Waals surface area contributed by atoms with E-state index in [4.69, 9.17) is 9.97 Å². The molecular formula is C54H33N3S. The summed E-state index contributed by atoms with van der Waals surface area (Å²) in [5.74, 6) is 0.895. The summed E-state index contributed by atoms with van der Waals surface area (Å²) in [5.41, 5.74) is 12.0. The number of benzene rings is 9. The van der Waals surface area contributed by atoms with E-state index in [2.05, 4.69) is 187 Å². The fraction of sp³-hybridized carbons (Fsp3) is 0.0370. The van der Waals surface area contributed by atoms with Crippen molar-refractivity contribution in [2.24, 2.45) is 0 Å².